The summed E-state index contributed by atoms with van der Waals surface area (Å²) < 4.78 is 5.68. The van der Waals surface area contributed by atoms with Gasteiger partial charge in [0.1, 0.15) is 5.75 Å². The molecule has 0 radical (unpaired) electrons. The number of hydrogen-bond donors (Lipinski definition) is 2. The first-order valence-electron chi connectivity index (χ1n) is 7.35. The van der Waals surface area contributed by atoms with E-state index in [-0.39, 0.29) is 24.4 Å². The fourth-order valence-corrected chi connectivity index (χ4v) is 2.49. The maximum absolute atomic E-state index is 11.8. The summed E-state index contributed by atoms with van der Waals surface area (Å²) in [6, 6.07) is 6.35. The van der Waals surface area contributed by atoms with Crippen molar-refractivity contribution in [2.75, 3.05) is 19.7 Å². The minimum atomic E-state index is 0. The van der Waals surface area contributed by atoms with Crippen LogP contribution < -0.4 is 15.4 Å². The standard InChI is InChI=1S/C16H24N2O2.ClH/c1-12-5-6-15(13(2)10-12)20-9-7-16(19)18-14-4-3-8-17-11-14;/h5-6,10,14,17H,3-4,7-9,11H2,1-2H3,(H,18,19);1H/t14-;/m0./s1. The summed E-state index contributed by atoms with van der Waals surface area (Å²) in [5.74, 6) is 0.936. The van der Waals surface area contributed by atoms with E-state index in [9.17, 15) is 4.79 Å². The number of nitrogens with one attached hydrogen (secondary N) is 2. The fraction of sp³-hybridized carbons (Fsp3) is 0.562. The summed E-state index contributed by atoms with van der Waals surface area (Å²) >= 11 is 0. The molecule has 5 heteroatoms. The van der Waals surface area contributed by atoms with Crippen LogP contribution in [0.5, 0.6) is 5.75 Å². The van der Waals surface area contributed by atoms with E-state index < -0.39 is 0 Å². The van der Waals surface area contributed by atoms with Gasteiger partial charge < -0.3 is 15.4 Å². The number of piperidine rings is 1. The van der Waals surface area contributed by atoms with Crippen molar-refractivity contribution in [2.24, 2.45) is 0 Å². The predicted octanol–water partition coefficient (Wildman–Crippen LogP) is 2.36. The molecule has 0 unspecified atom stereocenters. The van der Waals surface area contributed by atoms with Gasteiger partial charge in [0.05, 0.1) is 13.0 Å². The fourth-order valence-electron chi connectivity index (χ4n) is 2.49. The summed E-state index contributed by atoms with van der Waals surface area (Å²) in [6.45, 7) is 6.44. The smallest absolute Gasteiger partial charge is 0.223 e. The van der Waals surface area contributed by atoms with E-state index in [2.05, 4.69) is 23.6 Å². The largest absolute Gasteiger partial charge is 0.493 e. The molecular formula is C16H25ClN2O2. The van der Waals surface area contributed by atoms with Gasteiger partial charge in [0.15, 0.2) is 0 Å². The van der Waals surface area contributed by atoms with Crippen molar-refractivity contribution in [3.05, 3.63) is 29.3 Å². The average Bonchev–Trinajstić information content (AvgIpc) is 2.42. The molecular weight excluding hydrogens is 288 g/mol. The Morgan fingerprint density at radius 2 is 2.24 bits per heavy atom. The number of ether oxygens (including phenoxy) is 1. The Balaban J connectivity index is 0.00000220. The van der Waals surface area contributed by atoms with Crippen molar-refractivity contribution >= 4 is 18.3 Å². The summed E-state index contributed by atoms with van der Waals surface area (Å²) in [7, 11) is 0. The van der Waals surface area contributed by atoms with Crippen molar-refractivity contribution in [2.45, 2.75) is 39.2 Å². The third kappa shape index (κ3) is 5.94. The molecule has 1 amide bonds. The van der Waals surface area contributed by atoms with Gasteiger partial charge in [0.25, 0.3) is 0 Å². The van der Waals surface area contributed by atoms with Crippen LogP contribution >= 0.6 is 12.4 Å². The number of carbonyl (C=O) groups is 1. The summed E-state index contributed by atoms with van der Waals surface area (Å²) in [6.07, 6.45) is 2.60. The van der Waals surface area contributed by atoms with E-state index in [0.717, 1.165) is 37.2 Å². The Morgan fingerprint density at radius 1 is 1.43 bits per heavy atom. The molecule has 1 aliphatic rings. The van der Waals surface area contributed by atoms with Crippen LogP contribution in [0.25, 0.3) is 0 Å². The zero-order valence-electron chi connectivity index (χ0n) is 12.8. The molecule has 0 aromatic heterocycles. The minimum absolute atomic E-state index is 0. The van der Waals surface area contributed by atoms with Crippen LogP contribution in [0, 0.1) is 13.8 Å². The SMILES string of the molecule is Cc1ccc(OCCC(=O)N[C@H]2CCCNC2)c(C)c1.Cl. The van der Waals surface area contributed by atoms with Crippen molar-refractivity contribution < 1.29 is 9.53 Å². The molecule has 1 atom stereocenters. The molecule has 0 saturated carbocycles. The third-order valence-corrected chi connectivity index (χ3v) is 3.58. The molecule has 0 aliphatic carbocycles. The van der Waals surface area contributed by atoms with E-state index in [1.165, 1.54) is 5.56 Å². The quantitative estimate of drug-likeness (QED) is 0.877. The molecule has 4 nitrogen and oxygen atoms in total. The zero-order valence-corrected chi connectivity index (χ0v) is 13.6. The molecule has 1 aromatic carbocycles. The molecule has 21 heavy (non-hydrogen) atoms. The van der Waals surface area contributed by atoms with Crippen LogP contribution in [-0.2, 0) is 4.79 Å². The van der Waals surface area contributed by atoms with Gasteiger partial charge in [0.2, 0.25) is 5.91 Å². The Morgan fingerprint density at radius 3 is 2.90 bits per heavy atom. The van der Waals surface area contributed by atoms with E-state index in [1.807, 2.05) is 19.1 Å². The topological polar surface area (TPSA) is 50.4 Å². The first-order chi connectivity index (χ1) is 9.65. The Hall–Kier alpha value is -1.26. The maximum Gasteiger partial charge on any atom is 0.223 e. The number of rotatable bonds is 5. The van der Waals surface area contributed by atoms with Gasteiger partial charge in [-0.2, -0.15) is 0 Å². The van der Waals surface area contributed by atoms with E-state index in [1.54, 1.807) is 0 Å². The van der Waals surface area contributed by atoms with Gasteiger partial charge in [-0.15, -0.1) is 12.4 Å². The van der Waals surface area contributed by atoms with Crippen LogP contribution in [0.4, 0.5) is 0 Å². The number of aryl methyl sites for hydroxylation is 2. The zero-order chi connectivity index (χ0) is 14.4. The predicted molar refractivity (Wildman–Crippen MR) is 87.3 cm³/mol. The lowest BCUT2D eigenvalue weighted by Crippen LogP contribution is -2.45. The van der Waals surface area contributed by atoms with Gasteiger partial charge in [-0.25, -0.2) is 0 Å². The van der Waals surface area contributed by atoms with Gasteiger partial charge in [-0.1, -0.05) is 17.7 Å². The second-order valence-electron chi connectivity index (χ2n) is 5.48. The molecule has 2 N–H and O–H groups in total. The third-order valence-electron chi connectivity index (χ3n) is 3.58. The van der Waals surface area contributed by atoms with Crippen LogP contribution in [0.1, 0.15) is 30.4 Å². The molecule has 1 heterocycles. The normalized spacial score (nSPS) is 17.7. The number of hydrogen-bond acceptors (Lipinski definition) is 3. The van der Waals surface area contributed by atoms with Gasteiger partial charge in [-0.05, 0) is 44.9 Å². The highest BCUT2D eigenvalue weighted by Crippen LogP contribution is 2.18. The minimum Gasteiger partial charge on any atom is -0.493 e. The molecule has 1 saturated heterocycles. The van der Waals surface area contributed by atoms with Crippen molar-refractivity contribution in [1.29, 1.82) is 0 Å². The second kappa shape index (κ2) is 8.90. The first-order valence-corrected chi connectivity index (χ1v) is 7.35. The van der Waals surface area contributed by atoms with Crippen LogP contribution in [0.2, 0.25) is 0 Å². The van der Waals surface area contributed by atoms with Crippen LogP contribution in [-0.4, -0.2) is 31.6 Å². The summed E-state index contributed by atoms with van der Waals surface area (Å²) in [5.41, 5.74) is 2.33. The Bertz CT molecular complexity index is 460. The highest BCUT2D eigenvalue weighted by Gasteiger charge is 2.15. The van der Waals surface area contributed by atoms with Gasteiger partial charge >= 0.3 is 0 Å². The molecule has 2 rings (SSSR count). The number of amides is 1. The molecule has 1 fully saturated rings. The average molecular weight is 313 g/mol. The van der Waals surface area contributed by atoms with E-state index in [4.69, 9.17) is 4.74 Å². The number of carbonyl (C=O) groups excluding carboxylic acids is 1. The van der Waals surface area contributed by atoms with E-state index >= 15 is 0 Å². The van der Waals surface area contributed by atoms with Gasteiger partial charge in [0, 0.05) is 12.6 Å². The first kappa shape index (κ1) is 17.8. The Kier molecular flexibility index (Phi) is 7.54. The summed E-state index contributed by atoms with van der Waals surface area (Å²) in [4.78, 5) is 11.8. The molecule has 1 aromatic rings. The number of benzene rings is 1. The van der Waals surface area contributed by atoms with Gasteiger partial charge in [-0.3, -0.25) is 4.79 Å². The molecule has 0 spiro atoms. The molecule has 1 aliphatic heterocycles. The van der Waals surface area contributed by atoms with Crippen LogP contribution in [0.3, 0.4) is 0 Å². The molecule has 118 valence electrons. The Labute approximate surface area is 133 Å². The number of halogens is 1. The lowest BCUT2D eigenvalue weighted by molar-refractivity contribution is -0.122. The maximum atomic E-state index is 11.8. The lowest BCUT2D eigenvalue weighted by atomic mass is 10.1. The van der Waals surface area contributed by atoms with Crippen LogP contribution in [0.15, 0.2) is 18.2 Å². The van der Waals surface area contributed by atoms with Crippen molar-refractivity contribution in [3.8, 4) is 5.75 Å². The van der Waals surface area contributed by atoms with E-state index in [0.29, 0.717) is 13.0 Å². The molecule has 0 bridgehead atoms. The lowest BCUT2D eigenvalue weighted by Gasteiger charge is -2.23. The van der Waals surface area contributed by atoms with Crippen molar-refractivity contribution in [1.82, 2.24) is 10.6 Å². The monoisotopic (exact) mass is 312 g/mol. The highest BCUT2D eigenvalue weighted by molar-refractivity contribution is 5.85. The highest BCUT2D eigenvalue weighted by atomic mass is 35.5. The summed E-state index contributed by atoms with van der Waals surface area (Å²) in [5, 5.41) is 6.34. The second-order valence-corrected chi connectivity index (χ2v) is 5.48. The van der Waals surface area contributed by atoms with Crippen molar-refractivity contribution in [3.63, 3.8) is 0 Å².